The number of aromatic nitrogens is 1. The fraction of sp³-hybridized carbons (Fsp3) is 0.250. The number of hydrogen-bond acceptors (Lipinski definition) is 7. The van der Waals surface area contributed by atoms with Gasteiger partial charge in [-0.2, -0.15) is 0 Å². The summed E-state index contributed by atoms with van der Waals surface area (Å²) in [4.78, 5) is 35.5. The van der Waals surface area contributed by atoms with Crippen LogP contribution in [0.4, 0.5) is 5.13 Å². The zero-order chi connectivity index (χ0) is 26.1. The second kappa shape index (κ2) is 11.7. The van der Waals surface area contributed by atoms with Crippen LogP contribution in [-0.4, -0.2) is 49.1 Å². The number of methoxy groups -OCH3 is 1. The van der Waals surface area contributed by atoms with Gasteiger partial charge < -0.3 is 14.1 Å². The Morgan fingerprint density at radius 3 is 2.55 bits per heavy atom. The van der Waals surface area contributed by atoms with Crippen molar-refractivity contribution >= 4 is 78.3 Å². The Bertz CT molecular complexity index is 1680. The number of fused-ring (bicyclic) bond motifs is 4. The fourth-order valence-electron chi connectivity index (χ4n) is 4.45. The molecule has 5 aromatic rings. The predicted molar refractivity (Wildman–Crippen MR) is 158 cm³/mol. The monoisotopic (exact) mass is 571 g/mol. The number of ether oxygens (including phenoxy) is 1. The van der Waals surface area contributed by atoms with Gasteiger partial charge in [0, 0.05) is 18.5 Å². The molecule has 198 valence electrons. The summed E-state index contributed by atoms with van der Waals surface area (Å²) >= 11 is 7.75. The van der Waals surface area contributed by atoms with E-state index >= 15 is 0 Å². The highest BCUT2D eigenvalue weighted by Crippen LogP contribution is 2.39. The fourth-order valence-corrected chi connectivity index (χ4v) is 5.73. The summed E-state index contributed by atoms with van der Waals surface area (Å²) in [6, 6.07) is 16.6. The van der Waals surface area contributed by atoms with Gasteiger partial charge in [-0.15, -0.1) is 12.4 Å². The van der Waals surface area contributed by atoms with Crippen LogP contribution in [0.3, 0.4) is 0 Å². The van der Waals surface area contributed by atoms with Gasteiger partial charge in [0.2, 0.25) is 0 Å². The van der Waals surface area contributed by atoms with Crippen molar-refractivity contribution in [1.82, 2.24) is 9.88 Å². The standard InChI is InChI=1S/C28H26ClN3O4S.ClH/c1-4-31(5-2)14-15-32(28-30-24-23(35-3)13-11-21(29)25(24)37-28)26(33)20-16-19-18-9-7-6-8-17(18)10-12-22(19)36-27(20)34;/h6-13,16H,4-5,14-15H2,1-3H3;1H. The predicted octanol–water partition coefficient (Wildman–Crippen LogP) is 6.63. The van der Waals surface area contributed by atoms with Crippen LogP contribution in [-0.2, 0) is 0 Å². The molecule has 2 heterocycles. The highest BCUT2D eigenvalue weighted by Gasteiger charge is 2.26. The van der Waals surface area contributed by atoms with E-state index < -0.39 is 11.5 Å². The molecule has 7 nitrogen and oxygen atoms in total. The van der Waals surface area contributed by atoms with E-state index in [1.165, 1.54) is 11.3 Å². The van der Waals surface area contributed by atoms with E-state index in [1.54, 1.807) is 36.3 Å². The lowest BCUT2D eigenvalue weighted by Crippen LogP contribution is -2.40. The number of amides is 1. The molecule has 5 rings (SSSR count). The molecule has 0 N–H and O–H groups in total. The summed E-state index contributed by atoms with van der Waals surface area (Å²) in [6.07, 6.45) is 0. The second-order valence-corrected chi connectivity index (χ2v) is 9.94. The van der Waals surface area contributed by atoms with Gasteiger partial charge in [0.05, 0.1) is 16.8 Å². The third-order valence-electron chi connectivity index (χ3n) is 6.55. The minimum absolute atomic E-state index is 0. The molecule has 2 aromatic heterocycles. The third kappa shape index (κ3) is 5.09. The van der Waals surface area contributed by atoms with Gasteiger partial charge in [0.1, 0.15) is 22.4 Å². The van der Waals surface area contributed by atoms with Crippen LogP contribution in [0.15, 0.2) is 63.8 Å². The van der Waals surface area contributed by atoms with Gasteiger partial charge in [-0.25, -0.2) is 9.78 Å². The number of anilines is 1. The van der Waals surface area contributed by atoms with Crippen molar-refractivity contribution < 1.29 is 13.9 Å². The van der Waals surface area contributed by atoms with Crippen LogP contribution in [0.25, 0.3) is 32.0 Å². The van der Waals surface area contributed by atoms with Crippen LogP contribution in [0.5, 0.6) is 5.75 Å². The lowest BCUT2D eigenvalue weighted by atomic mass is 10.0. The first-order valence-electron chi connectivity index (χ1n) is 12.1. The van der Waals surface area contributed by atoms with E-state index in [4.69, 9.17) is 25.7 Å². The maximum absolute atomic E-state index is 14.0. The van der Waals surface area contributed by atoms with E-state index in [0.29, 0.717) is 50.2 Å². The molecule has 0 aliphatic heterocycles. The summed E-state index contributed by atoms with van der Waals surface area (Å²) in [6.45, 7) is 6.76. The lowest BCUT2D eigenvalue weighted by Gasteiger charge is -2.24. The van der Waals surface area contributed by atoms with Gasteiger partial charge in [0.15, 0.2) is 5.13 Å². The average molecular weight is 573 g/mol. The summed E-state index contributed by atoms with van der Waals surface area (Å²) in [5.41, 5.74) is 0.289. The smallest absolute Gasteiger partial charge is 0.349 e. The molecule has 10 heteroatoms. The van der Waals surface area contributed by atoms with E-state index in [1.807, 2.05) is 30.3 Å². The number of carbonyl (C=O) groups excluding carboxylic acids is 1. The van der Waals surface area contributed by atoms with Crippen molar-refractivity contribution in [3.63, 3.8) is 0 Å². The molecule has 38 heavy (non-hydrogen) atoms. The largest absolute Gasteiger partial charge is 0.494 e. The number of benzene rings is 3. The Labute approximate surface area is 235 Å². The molecule has 0 bridgehead atoms. The molecular formula is C28H27Cl2N3O4S. The number of hydrogen-bond donors (Lipinski definition) is 0. The van der Waals surface area contributed by atoms with Gasteiger partial charge in [-0.1, -0.05) is 67.1 Å². The topological polar surface area (TPSA) is 75.9 Å². The summed E-state index contributed by atoms with van der Waals surface area (Å²) in [5, 5.41) is 3.57. The third-order valence-corrected chi connectivity index (χ3v) is 8.09. The van der Waals surface area contributed by atoms with Crippen molar-refractivity contribution in [2.75, 3.05) is 38.2 Å². The van der Waals surface area contributed by atoms with Crippen LogP contribution in [0.1, 0.15) is 24.2 Å². The van der Waals surface area contributed by atoms with Crippen LogP contribution in [0, 0.1) is 0 Å². The zero-order valence-corrected chi connectivity index (χ0v) is 23.6. The summed E-state index contributed by atoms with van der Waals surface area (Å²) in [7, 11) is 1.57. The van der Waals surface area contributed by atoms with E-state index in [-0.39, 0.29) is 18.0 Å². The molecule has 0 saturated carbocycles. The Balaban J connectivity index is 0.00000336. The molecule has 0 atom stereocenters. The minimum atomic E-state index is -0.683. The first-order chi connectivity index (χ1) is 17.9. The highest BCUT2D eigenvalue weighted by molar-refractivity contribution is 7.23. The number of halogens is 2. The minimum Gasteiger partial charge on any atom is -0.494 e. The normalized spacial score (nSPS) is 11.3. The average Bonchev–Trinajstić information content (AvgIpc) is 3.36. The molecule has 0 aliphatic carbocycles. The number of carbonyl (C=O) groups is 1. The van der Waals surface area contributed by atoms with Gasteiger partial charge in [0.25, 0.3) is 5.91 Å². The van der Waals surface area contributed by atoms with Crippen molar-refractivity contribution in [2.45, 2.75) is 13.8 Å². The van der Waals surface area contributed by atoms with Gasteiger partial charge >= 0.3 is 5.63 Å². The SMILES string of the molecule is CCN(CC)CCN(C(=O)c1cc2c(ccc3ccccc32)oc1=O)c1nc2c(OC)ccc(Cl)c2s1.Cl. The van der Waals surface area contributed by atoms with Crippen LogP contribution >= 0.6 is 35.3 Å². The van der Waals surface area contributed by atoms with Gasteiger partial charge in [-0.05, 0) is 48.1 Å². The highest BCUT2D eigenvalue weighted by atomic mass is 35.5. The molecule has 3 aromatic carbocycles. The maximum atomic E-state index is 14.0. The first-order valence-corrected chi connectivity index (χ1v) is 13.3. The van der Waals surface area contributed by atoms with Crippen molar-refractivity contribution in [1.29, 1.82) is 0 Å². The Morgan fingerprint density at radius 2 is 1.82 bits per heavy atom. The molecule has 1 amide bonds. The molecule has 0 spiro atoms. The lowest BCUT2D eigenvalue weighted by molar-refractivity contribution is 0.0980. The Hall–Kier alpha value is -3.17. The van der Waals surface area contributed by atoms with Crippen molar-refractivity contribution in [3.8, 4) is 5.75 Å². The molecular weight excluding hydrogens is 545 g/mol. The number of rotatable bonds is 8. The van der Waals surface area contributed by atoms with E-state index in [2.05, 4.69) is 18.7 Å². The number of likely N-dealkylation sites (N-methyl/N-ethyl adjacent to an activating group) is 1. The zero-order valence-electron chi connectivity index (χ0n) is 21.2. The number of thiazole rings is 1. The maximum Gasteiger partial charge on any atom is 0.349 e. The van der Waals surface area contributed by atoms with Crippen molar-refractivity contribution in [3.05, 3.63) is 75.6 Å². The van der Waals surface area contributed by atoms with Crippen LogP contribution < -0.4 is 15.3 Å². The molecule has 0 saturated heterocycles. The number of nitrogens with zero attached hydrogens (tertiary/aromatic N) is 3. The first kappa shape index (κ1) is 27.9. The van der Waals surface area contributed by atoms with Crippen LogP contribution in [0.2, 0.25) is 5.02 Å². The van der Waals surface area contributed by atoms with Crippen molar-refractivity contribution in [2.24, 2.45) is 0 Å². The molecule has 0 unspecified atom stereocenters. The molecule has 0 fully saturated rings. The summed E-state index contributed by atoms with van der Waals surface area (Å²) < 4.78 is 11.8. The van der Waals surface area contributed by atoms with Gasteiger partial charge in [-0.3, -0.25) is 9.69 Å². The van der Waals surface area contributed by atoms with E-state index in [0.717, 1.165) is 23.9 Å². The summed E-state index contributed by atoms with van der Waals surface area (Å²) in [5.74, 6) is 0.0969. The molecule has 0 radical (unpaired) electrons. The second-order valence-electron chi connectivity index (χ2n) is 8.55. The Morgan fingerprint density at radius 1 is 1.05 bits per heavy atom. The quantitative estimate of drug-likeness (QED) is 0.154. The Kier molecular flexibility index (Phi) is 8.57. The molecule has 0 aliphatic rings. The van der Waals surface area contributed by atoms with E-state index in [9.17, 15) is 9.59 Å².